The molecule has 0 bridgehead atoms. The monoisotopic (exact) mass is 273 g/mol. The van der Waals surface area contributed by atoms with Gasteiger partial charge in [-0.3, -0.25) is 0 Å². The first kappa shape index (κ1) is 15.6. The van der Waals surface area contributed by atoms with Crippen LogP contribution in [0.4, 0.5) is 0 Å². The Morgan fingerprint density at radius 1 is 1.10 bits per heavy atom. The second kappa shape index (κ2) is 7.26. The van der Waals surface area contributed by atoms with Gasteiger partial charge in [0.25, 0.3) is 0 Å². The fraction of sp³-hybridized carbons (Fsp3) is 0.684. The van der Waals surface area contributed by atoms with Gasteiger partial charge in [-0.25, -0.2) is 0 Å². The van der Waals surface area contributed by atoms with Crippen molar-refractivity contribution in [3.8, 4) is 0 Å². The Morgan fingerprint density at radius 3 is 2.60 bits per heavy atom. The number of benzene rings is 1. The molecule has 0 saturated carbocycles. The van der Waals surface area contributed by atoms with E-state index in [0.29, 0.717) is 5.92 Å². The van der Waals surface area contributed by atoms with E-state index in [1.807, 2.05) is 0 Å². The molecule has 0 radical (unpaired) electrons. The van der Waals surface area contributed by atoms with Crippen LogP contribution in [0.3, 0.4) is 0 Å². The zero-order chi connectivity index (χ0) is 14.4. The average molecular weight is 273 g/mol. The SMILES string of the molecule is CCCCCCCCC1(N)CCC(C)c2ccccc21. The molecule has 1 aliphatic rings. The molecule has 112 valence electrons. The third-order valence-electron chi connectivity index (χ3n) is 5.03. The summed E-state index contributed by atoms with van der Waals surface area (Å²) >= 11 is 0. The number of hydrogen-bond donors (Lipinski definition) is 1. The van der Waals surface area contributed by atoms with Gasteiger partial charge in [-0.2, -0.15) is 0 Å². The highest BCUT2D eigenvalue weighted by atomic mass is 14.7. The molecule has 0 aromatic heterocycles. The predicted molar refractivity (Wildman–Crippen MR) is 87.9 cm³/mol. The summed E-state index contributed by atoms with van der Waals surface area (Å²) in [6.45, 7) is 4.61. The Hall–Kier alpha value is -0.820. The van der Waals surface area contributed by atoms with Crippen molar-refractivity contribution in [2.24, 2.45) is 5.73 Å². The number of unbranched alkanes of at least 4 members (excludes halogenated alkanes) is 5. The summed E-state index contributed by atoms with van der Waals surface area (Å²) < 4.78 is 0. The minimum absolute atomic E-state index is 0.0616. The van der Waals surface area contributed by atoms with Crippen LogP contribution < -0.4 is 5.73 Å². The van der Waals surface area contributed by atoms with E-state index in [2.05, 4.69) is 38.1 Å². The molecule has 2 N–H and O–H groups in total. The number of nitrogens with two attached hydrogens (primary N) is 1. The summed E-state index contributed by atoms with van der Waals surface area (Å²) in [5.41, 5.74) is 9.63. The predicted octanol–water partition coefficient (Wildman–Crippen LogP) is 5.49. The molecule has 2 unspecified atom stereocenters. The lowest BCUT2D eigenvalue weighted by atomic mass is 9.71. The summed E-state index contributed by atoms with van der Waals surface area (Å²) in [7, 11) is 0. The highest BCUT2D eigenvalue weighted by Crippen LogP contribution is 2.42. The maximum atomic E-state index is 6.77. The summed E-state index contributed by atoms with van der Waals surface area (Å²) in [5.74, 6) is 0.674. The molecule has 2 rings (SSSR count). The summed E-state index contributed by atoms with van der Waals surface area (Å²) in [6, 6.07) is 8.86. The minimum Gasteiger partial charge on any atom is -0.321 e. The topological polar surface area (TPSA) is 26.0 Å². The van der Waals surface area contributed by atoms with E-state index in [1.165, 1.54) is 56.1 Å². The lowest BCUT2D eigenvalue weighted by Crippen LogP contribution is -2.40. The maximum absolute atomic E-state index is 6.77. The van der Waals surface area contributed by atoms with Crippen LogP contribution in [0.2, 0.25) is 0 Å². The van der Waals surface area contributed by atoms with Crippen molar-refractivity contribution in [2.75, 3.05) is 0 Å². The van der Waals surface area contributed by atoms with E-state index in [1.54, 1.807) is 0 Å². The Bertz CT molecular complexity index is 412. The fourth-order valence-corrected chi connectivity index (χ4v) is 3.62. The van der Waals surface area contributed by atoms with Crippen LogP contribution in [0.1, 0.15) is 88.7 Å². The van der Waals surface area contributed by atoms with Gasteiger partial charge in [0.05, 0.1) is 0 Å². The van der Waals surface area contributed by atoms with Gasteiger partial charge in [0, 0.05) is 5.54 Å². The van der Waals surface area contributed by atoms with Gasteiger partial charge in [-0.05, 0) is 36.3 Å². The zero-order valence-corrected chi connectivity index (χ0v) is 13.3. The number of rotatable bonds is 7. The molecule has 0 aliphatic heterocycles. The van der Waals surface area contributed by atoms with Crippen LogP contribution >= 0.6 is 0 Å². The highest BCUT2D eigenvalue weighted by molar-refractivity contribution is 5.38. The molecule has 0 fully saturated rings. The average Bonchev–Trinajstić information content (AvgIpc) is 2.47. The second-order valence-electron chi connectivity index (χ2n) is 6.70. The molecule has 1 heteroatoms. The van der Waals surface area contributed by atoms with E-state index in [0.717, 1.165) is 12.8 Å². The lowest BCUT2D eigenvalue weighted by molar-refractivity contribution is 0.316. The molecular formula is C19H31N. The standard InChI is InChI=1S/C19H31N/c1-3-4-5-6-7-10-14-19(20)15-13-16(2)17-11-8-9-12-18(17)19/h8-9,11-12,16H,3-7,10,13-15,20H2,1-2H3. The van der Waals surface area contributed by atoms with Crippen LogP contribution in [0.15, 0.2) is 24.3 Å². The molecule has 0 amide bonds. The quantitative estimate of drug-likeness (QED) is 0.653. The third kappa shape index (κ3) is 3.63. The smallest absolute Gasteiger partial charge is 0.0412 e. The van der Waals surface area contributed by atoms with Crippen LogP contribution in [0.5, 0.6) is 0 Å². The first-order chi connectivity index (χ1) is 9.67. The molecule has 20 heavy (non-hydrogen) atoms. The summed E-state index contributed by atoms with van der Waals surface area (Å²) in [5, 5.41) is 0. The van der Waals surface area contributed by atoms with Crippen molar-refractivity contribution in [1.29, 1.82) is 0 Å². The van der Waals surface area contributed by atoms with Crippen molar-refractivity contribution < 1.29 is 0 Å². The van der Waals surface area contributed by atoms with Crippen molar-refractivity contribution in [1.82, 2.24) is 0 Å². The van der Waals surface area contributed by atoms with Crippen molar-refractivity contribution >= 4 is 0 Å². The van der Waals surface area contributed by atoms with Gasteiger partial charge < -0.3 is 5.73 Å². The Balaban J connectivity index is 1.92. The van der Waals surface area contributed by atoms with Gasteiger partial charge in [-0.15, -0.1) is 0 Å². The zero-order valence-electron chi connectivity index (χ0n) is 13.3. The van der Waals surface area contributed by atoms with E-state index < -0.39 is 0 Å². The first-order valence-corrected chi connectivity index (χ1v) is 8.55. The van der Waals surface area contributed by atoms with Crippen LogP contribution in [0, 0.1) is 0 Å². The Labute approximate surface area is 125 Å². The molecule has 1 aromatic carbocycles. The normalized spacial score (nSPS) is 25.4. The van der Waals surface area contributed by atoms with Crippen LogP contribution in [-0.2, 0) is 5.54 Å². The van der Waals surface area contributed by atoms with Crippen molar-refractivity contribution in [3.05, 3.63) is 35.4 Å². The van der Waals surface area contributed by atoms with Gasteiger partial charge >= 0.3 is 0 Å². The molecule has 2 atom stereocenters. The Kier molecular flexibility index (Phi) is 5.65. The molecule has 0 spiro atoms. The van der Waals surface area contributed by atoms with Gasteiger partial charge in [0.15, 0.2) is 0 Å². The van der Waals surface area contributed by atoms with E-state index in [4.69, 9.17) is 5.73 Å². The second-order valence-corrected chi connectivity index (χ2v) is 6.70. The Morgan fingerprint density at radius 2 is 1.80 bits per heavy atom. The van der Waals surface area contributed by atoms with Gasteiger partial charge in [0.1, 0.15) is 0 Å². The van der Waals surface area contributed by atoms with Crippen LogP contribution in [0.25, 0.3) is 0 Å². The fourth-order valence-electron chi connectivity index (χ4n) is 3.62. The van der Waals surface area contributed by atoms with E-state index in [9.17, 15) is 0 Å². The van der Waals surface area contributed by atoms with Crippen molar-refractivity contribution in [2.45, 2.75) is 83.1 Å². The molecular weight excluding hydrogens is 242 g/mol. The molecule has 0 saturated heterocycles. The lowest BCUT2D eigenvalue weighted by Gasteiger charge is -2.38. The molecule has 1 nitrogen and oxygen atoms in total. The molecule has 1 aliphatic carbocycles. The summed E-state index contributed by atoms with van der Waals surface area (Å²) in [4.78, 5) is 0. The van der Waals surface area contributed by atoms with E-state index in [-0.39, 0.29) is 5.54 Å². The largest absolute Gasteiger partial charge is 0.321 e. The van der Waals surface area contributed by atoms with E-state index >= 15 is 0 Å². The highest BCUT2D eigenvalue weighted by Gasteiger charge is 2.34. The number of fused-ring (bicyclic) bond motifs is 1. The third-order valence-corrected chi connectivity index (χ3v) is 5.03. The van der Waals surface area contributed by atoms with Gasteiger partial charge in [-0.1, -0.05) is 76.6 Å². The van der Waals surface area contributed by atoms with Crippen molar-refractivity contribution in [3.63, 3.8) is 0 Å². The summed E-state index contributed by atoms with van der Waals surface area (Å²) in [6.07, 6.45) is 11.6. The first-order valence-electron chi connectivity index (χ1n) is 8.55. The molecule has 1 aromatic rings. The van der Waals surface area contributed by atoms with Gasteiger partial charge in [0.2, 0.25) is 0 Å². The number of hydrogen-bond acceptors (Lipinski definition) is 1. The molecule has 0 heterocycles. The maximum Gasteiger partial charge on any atom is 0.0412 e. The minimum atomic E-state index is -0.0616. The van der Waals surface area contributed by atoms with Crippen LogP contribution in [-0.4, -0.2) is 0 Å².